The first-order valence-corrected chi connectivity index (χ1v) is 8.34. The Labute approximate surface area is 133 Å². The Hall–Kier alpha value is -1.20. The molecule has 1 fully saturated rings. The fourth-order valence-electron chi connectivity index (χ4n) is 3.05. The van der Waals surface area contributed by atoms with E-state index >= 15 is 0 Å². The second-order valence-electron chi connectivity index (χ2n) is 5.60. The second-order valence-corrected chi connectivity index (χ2v) is 6.52. The molecule has 1 aliphatic carbocycles. The van der Waals surface area contributed by atoms with E-state index in [-0.39, 0.29) is 0 Å². The number of aromatic nitrogens is 2. The molecule has 0 radical (unpaired) electrons. The molecule has 1 aromatic heterocycles. The Balaban J connectivity index is 1.84. The van der Waals surface area contributed by atoms with E-state index < -0.39 is 0 Å². The summed E-state index contributed by atoms with van der Waals surface area (Å²) in [6.07, 6.45) is 6.10. The molecule has 2 aromatic rings. The number of nitrogens with zero attached hydrogens (tertiary/aromatic N) is 2. The Morgan fingerprint density at radius 1 is 1.14 bits per heavy atom. The summed E-state index contributed by atoms with van der Waals surface area (Å²) < 4.78 is 6.61. The van der Waals surface area contributed by atoms with Crippen molar-refractivity contribution in [3.8, 4) is 11.4 Å². The third-order valence-corrected chi connectivity index (χ3v) is 4.78. The molecule has 1 aliphatic rings. The third-order valence-electron chi connectivity index (χ3n) is 4.25. The lowest BCUT2D eigenvalue weighted by molar-refractivity contribution is 0.311. The van der Waals surface area contributed by atoms with Crippen LogP contribution in [0, 0.1) is 0 Å². The van der Waals surface area contributed by atoms with Gasteiger partial charge in [-0.25, -0.2) is 0 Å². The van der Waals surface area contributed by atoms with Crippen LogP contribution < -0.4 is 5.32 Å². The van der Waals surface area contributed by atoms with Crippen LogP contribution in [0.25, 0.3) is 11.4 Å². The summed E-state index contributed by atoms with van der Waals surface area (Å²) >= 11 is 3.44. The third kappa shape index (κ3) is 3.35. The van der Waals surface area contributed by atoms with Crippen molar-refractivity contribution in [1.82, 2.24) is 15.5 Å². The van der Waals surface area contributed by atoms with Gasteiger partial charge in [0, 0.05) is 16.1 Å². The molecule has 2 atom stereocenters. The van der Waals surface area contributed by atoms with Crippen molar-refractivity contribution < 1.29 is 4.52 Å². The van der Waals surface area contributed by atoms with E-state index in [0.29, 0.717) is 17.8 Å². The normalized spacial score (nSPS) is 23.0. The number of likely N-dealkylation sites (N-methyl/N-ethyl adjacent to an activating group) is 1. The van der Waals surface area contributed by atoms with Crippen LogP contribution in [0.5, 0.6) is 0 Å². The highest BCUT2D eigenvalue weighted by Crippen LogP contribution is 2.32. The van der Waals surface area contributed by atoms with E-state index in [9.17, 15) is 0 Å². The number of hydrogen-bond donors (Lipinski definition) is 1. The van der Waals surface area contributed by atoms with Gasteiger partial charge >= 0.3 is 0 Å². The van der Waals surface area contributed by atoms with Gasteiger partial charge in [-0.3, -0.25) is 0 Å². The summed E-state index contributed by atoms with van der Waals surface area (Å²) in [7, 11) is 2.02. The Morgan fingerprint density at radius 3 is 2.67 bits per heavy atom. The lowest BCUT2D eigenvalue weighted by Gasteiger charge is -2.20. The van der Waals surface area contributed by atoms with Crippen molar-refractivity contribution in [2.75, 3.05) is 7.05 Å². The molecular formula is C16H20BrN3O. The molecule has 2 unspecified atom stereocenters. The van der Waals surface area contributed by atoms with E-state index in [4.69, 9.17) is 4.52 Å². The predicted molar refractivity (Wildman–Crippen MR) is 86.1 cm³/mol. The molecule has 1 heterocycles. The van der Waals surface area contributed by atoms with E-state index in [1.54, 1.807) is 0 Å². The van der Waals surface area contributed by atoms with Crippen molar-refractivity contribution in [2.45, 2.75) is 44.1 Å². The number of halogens is 1. The molecule has 112 valence electrons. The highest BCUT2D eigenvalue weighted by Gasteiger charge is 2.28. The number of nitrogens with one attached hydrogen (secondary N) is 1. The van der Waals surface area contributed by atoms with E-state index in [2.05, 4.69) is 31.4 Å². The van der Waals surface area contributed by atoms with E-state index in [1.807, 2.05) is 31.3 Å². The molecule has 0 spiro atoms. The zero-order valence-corrected chi connectivity index (χ0v) is 13.8. The largest absolute Gasteiger partial charge is 0.339 e. The van der Waals surface area contributed by atoms with Crippen molar-refractivity contribution in [2.24, 2.45) is 0 Å². The molecule has 21 heavy (non-hydrogen) atoms. The van der Waals surface area contributed by atoms with Crippen LogP contribution in [-0.4, -0.2) is 23.2 Å². The van der Waals surface area contributed by atoms with Gasteiger partial charge in [0.25, 0.3) is 0 Å². The molecule has 0 aliphatic heterocycles. The maximum atomic E-state index is 5.56. The SMILES string of the molecule is CNC1CCCCCC1c1nc(-c2ccc(Br)cc2)no1. The van der Waals surface area contributed by atoms with E-state index in [1.165, 1.54) is 25.7 Å². The second kappa shape index (κ2) is 6.71. The zero-order valence-electron chi connectivity index (χ0n) is 12.2. The maximum Gasteiger partial charge on any atom is 0.231 e. The van der Waals surface area contributed by atoms with Gasteiger partial charge in [0.2, 0.25) is 11.7 Å². The first-order valence-electron chi connectivity index (χ1n) is 7.55. The van der Waals surface area contributed by atoms with Crippen LogP contribution in [-0.2, 0) is 0 Å². The molecule has 3 rings (SSSR count). The van der Waals surface area contributed by atoms with Gasteiger partial charge in [-0.1, -0.05) is 40.3 Å². The first-order chi connectivity index (χ1) is 10.3. The summed E-state index contributed by atoms with van der Waals surface area (Å²) in [5, 5.41) is 7.58. The molecule has 1 N–H and O–H groups in total. The van der Waals surface area contributed by atoms with Crippen molar-refractivity contribution >= 4 is 15.9 Å². The van der Waals surface area contributed by atoms with Gasteiger partial charge in [0.05, 0.1) is 5.92 Å². The highest BCUT2D eigenvalue weighted by molar-refractivity contribution is 9.10. The Bertz CT molecular complexity index is 581. The predicted octanol–water partition coefficient (Wildman–Crippen LogP) is 4.13. The van der Waals surface area contributed by atoms with Gasteiger partial charge in [0.1, 0.15) is 0 Å². The van der Waals surface area contributed by atoms with Crippen LogP contribution in [0.1, 0.15) is 43.9 Å². The minimum absolute atomic E-state index is 0.328. The van der Waals surface area contributed by atoms with Crippen LogP contribution in [0.4, 0.5) is 0 Å². The first kappa shape index (κ1) is 14.7. The lowest BCUT2D eigenvalue weighted by atomic mass is 9.95. The summed E-state index contributed by atoms with van der Waals surface area (Å²) in [5.41, 5.74) is 0.989. The lowest BCUT2D eigenvalue weighted by Crippen LogP contribution is -2.31. The fourth-order valence-corrected chi connectivity index (χ4v) is 3.32. The van der Waals surface area contributed by atoms with Gasteiger partial charge < -0.3 is 9.84 Å². The van der Waals surface area contributed by atoms with E-state index in [0.717, 1.165) is 22.3 Å². The van der Waals surface area contributed by atoms with Crippen LogP contribution in [0.2, 0.25) is 0 Å². The monoisotopic (exact) mass is 349 g/mol. The topological polar surface area (TPSA) is 51.0 Å². The Morgan fingerprint density at radius 2 is 1.90 bits per heavy atom. The zero-order chi connectivity index (χ0) is 14.7. The summed E-state index contributed by atoms with van der Waals surface area (Å²) in [6, 6.07) is 8.43. The van der Waals surface area contributed by atoms with Gasteiger partial charge in [-0.05, 0) is 44.2 Å². The molecule has 0 saturated heterocycles. The summed E-state index contributed by atoms with van der Waals surface area (Å²) in [6.45, 7) is 0. The molecule has 4 nitrogen and oxygen atoms in total. The molecule has 0 bridgehead atoms. The number of hydrogen-bond acceptors (Lipinski definition) is 4. The number of benzene rings is 1. The van der Waals surface area contributed by atoms with Crippen LogP contribution >= 0.6 is 15.9 Å². The minimum atomic E-state index is 0.328. The number of rotatable bonds is 3. The molecule has 0 amide bonds. The van der Waals surface area contributed by atoms with Crippen LogP contribution in [0.3, 0.4) is 0 Å². The van der Waals surface area contributed by atoms with Crippen molar-refractivity contribution in [3.63, 3.8) is 0 Å². The van der Waals surface area contributed by atoms with Crippen molar-refractivity contribution in [1.29, 1.82) is 0 Å². The molecule has 1 aromatic carbocycles. The molecule has 5 heteroatoms. The summed E-state index contributed by atoms with van der Waals surface area (Å²) in [5.74, 6) is 1.78. The van der Waals surface area contributed by atoms with Gasteiger partial charge in [0.15, 0.2) is 0 Å². The Kier molecular flexibility index (Phi) is 4.70. The standard InChI is InChI=1S/C16H20BrN3O/c1-18-14-6-4-2-3-5-13(14)16-19-15(20-21-16)11-7-9-12(17)10-8-11/h7-10,13-14,18H,2-6H2,1H3. The highest BCUT2D eigenvalue weighted by atomic mass is 79.9. The molecule has 1 saturated carbocycles. The van der Waals surface area contributed by atoms with Crippen molar-refractivity contribution in [3.05, 3.63) is 34.6 Å². The van der Waals surface area contributed by atoms with Crippen LogP contribution in [0.15, 0.2) is 33.3 Å². The van der Waals surface area contributed by atoms with Gasteiger partial charge in [-0.2, -0.15) is 4.98 Å². The fraction of sp³-hybridized carbons (Fsp3) is 0.500. The summed E-state index contributed by atoms with van der Waals surface area (Å²) in [4.78, 5) is 4.64. The minimum Gasteiger partial charge on any atom is -0.339 e. The quantitative estimate of drug-likeness (QED) is 0.846. The molecular weight excluding hydrogens is 330 g/mol. The maximum absolute atomic E-state index is 5.56. The smallest absolute Gasteiger partial charge is 0.231 e. The average Bonchev–Trinajstić information content (AvgIpc) is 2.86. The average molecular weight is 350 g/mol. The van der Waals surface area contributed by atoms with Gasteiger partial charge in [-0.15, -0.1) is 0 Å².